The van der Waals surface area contributed by atoms with Crippen LogP contribution in [-0.2, 0) is 0 Å². The number of unbranched alkanes of at least 4 members (excludes halogenated alkanes) is 1. The Morgan fingerprint density at radius 3 is 2.80 bits per heavy atom. The van der Waals surface area contributed by atoms with Crippen LogP contribution in [0.1, 0.15) is 25.7 Å². The summed E-state index contributed by atoms with van der Waals surface area (Å²) in [6.45, 7) is 4.07. The first-order valence-corrected chi connectivity index (χ1v) is 4.10. The molecule has 1 rings (SSSR count). The lowest BCUT2D eigenvalue weighted by Gasteiger charge is -1.94. The first-order valence-electron chi connectivity index (χ1n) is 4.10. The molecular weight excluding hydrogens is 124 g/mol. The molecule has 0 aromatic carbocycles. The molecule has 0 heterocycles. The maximum Gasteiger partial charge on any atom is 0.0462 e. The van der Waals surface area contributed by atoms with Gasteiger partial charge < -0.3 is 5.11 Å². The van der Waals surface area contributed by atoms with Crippen molar-refractivity contribution in [3.63, 3.8) is 0 Å². The van der Waals surface area contributed by atoms with Gasteiger partial charge in [-0.15, -0.1) is 6.58 Å². The van der Waals surface area contributed by atoms with Crippen molar-refractivity contribution in [1.29, 1.82) is 0 Å². The van der Waals surface area contributed by atoms with Gasteiger partial charge in [-0.2, -0.15) is 0 Å². The van der Waals surface area contributed by atoms with E-state index in [0.717, 1.165) is 12.3 Å². The van der Waals surface area contributed by atoms with E-state index in [0.29, 0.717) is 12.5 Å². The lowest BCUT2D eigenvalue weighted by atomic mass is 10.1. The molecule has 1 heteroatoms. The van der Waals surface area contributed by atoms with E-state index in [1.807, 2.05) is 6.08 Å². The van der Waals surface area contributed by atoms with E-state index >= 15 is 0 Å². The van der Waals surface area contributed by atoms with Gasteiger partial charge in [0.1, 0.15) is 0 Å². The third-order valence-corrected chi connectivity index (χ3v) is 2.29. The van der Waals surface area contributed by atoms with Crippen molar-refractivity contribution in [3.8, 4) is 0 Å². The van der Waals surface area contributed by atoms with Gasteiger partial charge in [0.25, 0.3) is 0 Å². The smallest absolute Gasteiger partial charge is 0.0462 e. The van der Waals surface area contributed by atoms with Crippen molar-refractivity contribution in [2.45, 2.75) is 25.7 Å². The predicted molar refractivity (Wildman–Crippen MR) is 42.7 cm³/mol. The lowest BCUT2D eigenvalue weighted by Crippen LogP contribution is -1.88. The number of hydrogen-bond donors (Lipinski definition) is 1. The van der Waals surface area contributed by atoms with Crippen molar-refractivity contribution >= 4 is 0 Å². The molecule has 0 unspecified atom stereocenters. The molecule has 10 heavy (non-hydrogen) atoms. The Kier molecular flexibility index (Phi) is 2.94. The minimum Gasteiger partial charge on any atom is -0.396 e. The lowest BCUT2D eigenvalue weighted by molar-refractivity contribution is 0.267. The number of hydrogen-bond acceptors (Lipinski definition) is 1. The van der Waals surface area contributed by atoms with Crippen LogP contribution in [0.3, 0.4) is 0 Å². The topological polar surface area (TPSA) is 20.2 Å². The number of allylic oxidation sites excluding steroid dienone is 1. The van der Waals surface area contributed by atoms with E-state index < -0.39 is 0 Å². The highest BCUT2D eigenvalue weighted by Gasteiger charge is 2.34. The number of rotatable bonds is 5. The fourth-order valence-electron chi connectivity index (χ4n) is 1.41. The zero-order valence-electron chi connectivity index (χ0n) is 6.42. The monoisotopic (exact) mass is 140 g/mol. The van der Waals surface area contributed by atoms with Crippen LogP contribution in [0.25, 0.3) is 0 Å². The highest BCUT2D eigenvalue weighted by molar-refractivity contribution is 4.85. The van der Waals surface area contributed by atoms with Gasteiger partial charge in [-0.05, 0) is 37.5 Å². The van der Waals surface area contributed by atoms with Crippen LogP contribution in [0.2, 0.25) is 0 Å². The van der Waals surface area contributed by atoms with Crippen LogP contribution >= 0.6 is 0 Å². The van der Waals surface area contributed by atoms with Crippen LogP contribution in [0.4, 0.5) is 0 Å². The fourth-order valence-corrected chi connectivity index (χ4v) is 1.41. The predicted octanol–water partition coefficient (Wildman–Crippen LogP) is 1.97. The maximum absolute atomic E-state index is 8.71. The third-order valence-electron chi connectivity index (χ3n) is 2.29. The van der Waals surface area contributed by atoms with Gasteiger partial charge in [0.15, 0.2) is 0 Å². The van der Waals surface area contributed by atoms with Crippen molar-refractivity contribution < 1.29 is 5.11 Å². The molecule has 0 saturated heterocycles. The van der Waals surface area contributed by atoms with E-state index in [4.69, 9.17) is 5.11 Å². The Bertz CT molecular complexity index is 109. The summed E-state index contributed by atoms with van der Waals surface area (Å²) in [6.07, 6.45) is 6.90. The van der Waals surface area contributed by atoms with Crippen LogP contribution in [0.15, 0.2) is 12.7 Å². The van der Waals surface area contributed by atoms with Crippen molar-refractivity contribution in [1.82, 2.24) is 0 Å². The second-order valence-corrected chi connectivity index (χ2v) is 3.16. The summed E-state index contributed by atoms with van der Waals surface area (Å²) in [5.74, 6) is 1.48. The first kappa shape index (κ1) is 7.80. The summed E-state index contributed by atoms with van der Waals surface area (Å²) in [7, 11) is 0. The molecular formula is C9H16O. The molecule has 0 aliphatic heterocycles. The molecule has 0 aromatic rings. The summed E-state index contributed by atoms with van der Waals surface area (Å²) in [6, 6.07) is 0. The van der Waals surface area contributed by atoms with Gasteiger partial charge in [-0.1, -0.05) is 6.08 Å². The minimum atomic E-state index is 0.402. The standard InChI is InChI=1S/C9H16O/c1-2-3-4-5-8-6-9(8)7-10/h2,8-10H,1,3-7H2/t8-,9-/m0/s1. The molecule has 1 saturated carbocycles. The Morgan fingerprint density at radius 2 is 2.30 bits per heavy atom. The van der Waals surface area contributed by atoms with Gasteiger partial charge in [-0.25, -0.2) is 0 Å². The van der Waals surface area contributed by atoms with E-state index in [1.54, 1.807) is 0 Å². The Hall–Kier alpha value is -0.300. The molecule has 0 radical (unpaired) electrons. The van der Waals surface area contributed by atoms with E-state index in [1.165, 1.54) is 19.3 Å². The Labute approximate surface area is 62.8 Å². The summed E-state index contributed by atoms with van der Waals surface area (Å²) in [5.41, 5.74) is 0. The molecule has 1 nitrogen and oxygen atoms in total. The minimum absolute atomic E-state index is 0.402. The maximum atomic E-state index is 8.71. The fraction of sp³-hybridized carbons (Fsp3) is 0.778. The summed E-state index contributed by atoms with van der Waals surface area (Å²) < 4.78 is 0. The first-order chi connectivity index (χ1) is 4.88. The zero-order valence-corrected chi connectivity index (χ0v) is 6.42. The molecule has 0 amide bonds. The average Bonchev–Trinajstić information content (AvgIpc) is 2.68. The molecule has 1 aliphatic carbocycles. The SMILES string of the molecule is C=CCCC[C@H]1C[C@H]1CO. The molecule has 2 atom stereocenters. The second kappa shape index (κ2) is 3.77. The molecule has 58 valence electrons. The summed E-state index contributed by atoms with van der Waals surface area (Å²) >= 11 is 0. The van der Waals surface area contributed by atoms with Gasteiger partial charge in [0.2, 0.25) is 0 Å². The highest BCUT2D eigenvalue weighted by Crippen LogP contribution is 2.41. The molecule has 0 aromatic heterocycles. The quantitative estimate of drug-likeness (QED) is 0.457. The average molecular weight is 140 g/mol. The molecule has 1 aliphatic rings. The molecule has 1 N–H and O–H groups in total. The Balaban J connectivity index is 1.91. The summed E-state index contributed by atoms with van der Waals surface area (Å²) in [5, 5.41) is 8.71. The van der Waals surface area contributed by atoms with Crippen LogP contribution in [-0.4, -0.2) is 11.7 Å². The number of aliphatic hydroxyl groups excluding tert-OH is 1. The molecule has 0 spiro atoms. The molecule has 1 fully saturated rings. The third kappa shape index (κ3) is 2.14. The van der Waals surface area contributed by atoms with Gasteiger partial charge in [0.05, 0.1) is 0 Å². The zero-order chi connectivity index (χ0) is 7.40. The van der Waals surface area contributed by atoms with Gasteiger partial charge in [0, 0.05) is 6.61 Å². The Morgan fingerprint density at radius 1 is 1.50 bits per heavy atom. The largest absolute Gasteiger partial charge is 0.396 e. The van der Waals surface area contributed by atoms with Crippen LogP contribution < -0.4 is 0 Å². The van der Waals surface area contributed by atoms with Crippen LogP contribution in [0.5, 0.6) is 0 Å². The van der Waals surface area contributed by atoms with Crippen molar-refractivity contribution in [2.75, 3.05) is 6.61 Å². The van der Waals surface area contributed by atoms with E-state index in [2.05, 4.69) is 6.58 Å². The van der Waals surface area contributed by atoms with Crippen molar-refractivity contribution in [3.05, 3.63) is 12.7 Å². The second-order valence-electron chi connectivity index (χ2n) is 3.16. The van der Waals surface area contributed by atoms with Crippen molar-refractivity contribution in [2.24, 2.45) is 11.8 Å². The number of aliphatic hydroxyl groups is 1. The summed E-state index contributed by atoms with van der Waals surface area (Å²) in [4.78, 5) is 0. The van der Waals surface area contributed by atoms with E-state index in [9.17, 15) is 0 Å². The normalized spacial score (nSPS) is 30.1. The highest BCUT2D eigenvalue weighted by atomic mass is 16.3. The van der Waals surface area contributed by atoms with E-state index in [-0.39, 0.29) is 0 Å². The van der Waals surface area contributed by atoms with Crippen LogP contribution in [0, 0.1) is 11.8 Å². The van der Waals surface area contributed by atoms with Gasteiger partial charge in [-0.3, -0.25) is 0 Å². The molecule has 0 bridgehead atoms. The van der Waals surface area contributed by atoms with Gasteiger partial charge >= 0.3 is 0 Å².